The van der Waals surface area contributed by atoms with Gasteiger partial charge in [-0.2, -0.15) is 0 Å². The summed E-state index contributed by atoms with van der Waals surface area (Å²) in [6.07, 6.45) is 0. The van der Waals surface area contributed by atoms with Gasteiger partial charge in [-0.15, -0.1) is 0 Å². The van der Waals surface area contributed by atoms with Gasteiger partial charge in [-0.1, -0.05) is 0 Å². The van der Waals surface area contributed by atoms with E-state index in [1.165, 1.54) is 0 Å². The first kappa shape index (κ1) is 9.70. The van der Waals surface area contributed by atoms with Crippen molar-refractivity contribution in [1.29, 1.82) is 0 Å². The fourth-order valence-corrected chi connectivity index (χ4v) is 1.33. The van der Waals surface area contributed by atoms with Crippen LogP contribution in [0, 0.1) is 11.6 Å². The summed E-state index contributed by atoms with van der Waals surface area (Å²) < 4.78 is 30.9. The normalized spacial score (nSPS) is 18.7. The Morgan fingerprint density at radius 3 is 2.93 bits per heavy atom. The number of carboxylic acid groups (broad SMARTS) is 1. The standard InChI is InChI=1S/C9H7F2NO3/c10-4-1-5(11)8-7(2-4)15-3-6(12-8)9(13)14/h1-2,6,12H,3H2,(H,13,14). The number of benzene rings is 1. The van der Waals surface area contributed by atoms with Crippen LogP contribution in [0.1, 0.15) is 0 Å². The van der Waals surface area contributed by atoms with E-state index in [0.29, 0.717) is 6.07 Å². The van der Waals surface area contributed by atoms with E-state index in [1.807, 2.05) is 0 Å². The van der Waals surface area contributed by atoms with Crippen molar-refractivity contribution in [3.05, 3.63) is 23.8 Å². The number of halogens is 2. The van der Waals surface area contributed by atoms with Gasteiger partial charge < -0.3 is 15.2 Å². The third kappa shape index (κ3) is 1.70. The lowest BCUT2D eigenvalue weighted by molar-refractivity contribution is -0.138. The molecule has 0 fully saturated rings. The van der Waals surface area contributed by atoms with Crippen LogP contribution in [0.15, 0.2) is 12.1 Å². The fraction of sp³-hybridized carbons (Fsp3) is 0.222. The van der Waals surface area contributed by atoms with Gasteiger partial charge >= 0.3 is 5.97 Å². The summed E-state index contributed by atoms with van der Waals surface area (Å²) in [5.74, 6) is -2.79. The van der Waals surface area contributed by atoms with Gasteiger partial charge in [0.05, 0.1) is 0 Å². The van der Waals surface area contributed by atoms with Crippen molar-refractivity contribution in [2.24, 2.45) is 0 Å². The molecule has 6 heteroatoms. The van der Waals surface area contributed by atoms with E-state index >= 15 is 0 Å². The first-order valence-corrected chi connectivity index (χ1v) is 4.19. The molecule has 80 valence electrons. The molecule has 15 heavy (non-hydrogen) atoms. The molecule has 0 aliphatic carbocycles. The lowest BCUT2D eigenvalue weighted by Gasteiger charge is -2.24. The highest BCUT2D eigenvalue weighted by atomic mass is 19.1. The Labute approximate surface area is 83.5 Å². The molecule has 2 rings (SSSR count). The molecule has 0 amide bonds. The lowest BCUT2D eigenvalue weighted by Crippen LogP contribution is -2.38. The summed E-state index contributed by atoms with van der Waals surface area (Å²) in [6.45, 7) is -0.161. The van der Waals surface area contributed by atoms with Crippen molar-refractivity contribution in [3.8, 4) is 5.75 Å². The van der Waals surface area contributed by atoms with E-state index in [-0.39, 0.29) is 18.0 Å². The van der Waals surface area contributed by atoms with Crippen molar-refractivity contribution in [2.75, 3.05) is 11.9 Å². The zero-order valence-corrected chi connectivity index (χ0v) is 7.46. The molecule has 1 aromatic rings. The fourth-order valence-electron chi connectivity index (χ4n) is 1.33. The molecule has 4 nitrogen and oxygen atoms in total. The van der Waals surface area contributed by atoms with Crippen LogP contribution in [0.4, 0.5) is 14.5 Å². The van der Waals surface area contributed by atoms with Crippen molar-refractivity contribution in [3.63, 3.8) is 0 Å². The van der Waals surface area contributed by atoms with Crippen LogP contribution in [0.5, 0.6) is 5.75 Å². The summed E-state index contributed by atoms with van der Waals surface area (Å²) in [4.78, 5) is 10.6. The molecule has 1 aliphatic heterocycles. The maximum absolute atomic E-state index is 13.2. The Morgan fingerprint density at radius 1 is 1.53 bits per heavy atom. The molecule has 2 N–H and O–H groups in total. The van der Waals surface area contributed by atoms with Gasteiger partial charge in [0.15, 0.2) is 11.9 Å². The first-order valence-electron chi connectivity index (χ1n) is 4.19. The van der Waals surface area contributed by atoms with Crippen LogP contribution in [0.2, 0.25) is 0 Å². The average Bonchev–Trinajstić information content (AvgIpc) is 2.16. The highest BCUT2D eigenvalue weighted by molar-refractivity contribution is 5.79. The second kappa shape index (κ2) is 3.38. The molecule has 1 heterocycles. The number of hydrogen-bond acceptors (Lipinski definition) is 3. The van der Waals surface area contributed by atoms with Crippen LogP contribution in [0.3, 0.4) is 0 Å². The quantitative estimate of drug-likeness (QED) is 0.739. The topological polar surface area (TPSA) is 58.6 Å². The van der Waals surface area contributed by atoms with Crippen LogP contribution in [0.25, 0.3) is 0 Å². The maximum Gasteiger partial charge on any atom is 0.329 e. The predicted octanol–water partition coefficient (Wildman–Crippen LogP) is 1.22. The minimum atomic E-state index is -1.15. The van der Waals surface area contributed by atoms with Gasteiger partial charge in [0.2, 0.25) is 0 Å². The molecule has 0 saturated carbocycles. The van der Waals surface area contributed by atoms with Crippen LogP contribution >= 0.6 is 0 Å². The average molecular weight is 215 g/mol. The van der Waals surface area contributed by atoms with E-state index < -0.39 is 23.6 Å². The molecule has 0 spiro atoms. The largest absolute Gasteiger partial charge is 0.488 e. The van der Waals surface area contributed by atoms with E-state index in [2.05, 4.69) is 5.32 Å². The summed E-state index contributed by atoms with van der Waals surface area (Å²) in [6, 6.07) is 0.653. The van der Waals surface area contributed by atoms with E-state index in [9.17, 15) is 13.6 Å². The molecule has 0 aromatic heterocycles. The Morgan fingerprint density at radius 2 is 2.27 bits per heavy atom. The lowest BCUT2D eigenvalue weighted by atomic mass is 10.2. The van der Waals surface area contributed by atoms with Gasteiger partial charge in [-0.25, -0.2) is 13.6 Å². The number of rotatable bonds is 1. The SMILES string of the molecule is O=C(O)C1COc2cc(F)cc(F)c2N1. The van der Waals surface area contributed by atoms with Crippen molar-refractivity contribution >= 4 is 11.7 Å². The number of nitrogens with one attached hydrogen (secondary N) is 1. The highest BCUT2D eigenvalue weighted by Crippen LogP contribution is 2.32. The van der Waals surface area contributed by atoms with Crippen molar-refractivity contribution < 1.29 is 23.4 Å². The van der Waals surface area contributed by atoms with Crippen molar-refractivity contribution in [2.45, 2.75) is 6.04 Å². The van der Waals surface area contributed by atoms with E-state index in [0.717, 1.165) is 6.07 Å². The molecule has 0 bridgehead atoms. The van der Waals surface area contributed by atoms with Gasteiger partial charge in [0.1, 0.15) is 23.9 Å². The Kier molecular flexibility index (Phi) is 2.18. The van der Waals surface area contributed by atoms with E-state index in [1.54, 1.807) is 0 Å². The molecular weight excluding hydrogens is 208 g/mol. The molecule has 1 aromatic carbocycles. The van der Waals surface area contributed by atoms with Crippen LogP contribution < -0.4 is 10.1 Å². The third-order valence-corrected chi connectivity index (χ3v) is 2.04. The molecule has 1 atom stereocenters. The first-order chi connectivity index (χ1) is 7.08. The van der Waals surface area contributed by atoms with Crippen molar-refractivity contribution in [1.82, 2.24) is 0 Å². The summed E-state index contributed by atoms with van der Waals surface area (Å²) >= 11 is 0. The van der Waals surface area contributed by atoms with Gasteiger partial charge in [0, 0.05) is 12.1 Å². The number of fused-ring (bicyclic) bond motifs is 1. The number of carbonyl (C=O) groups is 1. The number of hydrogen-bond donors (Lipinski definition) is 2. The minimum absolute atomic E-state index is 0.00926. The molecule has 1 unspecified atom stereocenters. The Hall–Kier alpha value is -1.85. The monoisotopic (exact) mass is 215 g/mol. The molecule has 0 saturated heterocycles. The minimum Gasteiger partial charge on any atom is -0.488 e. The smallest absolute Gasteiger partial charge is 0.329 e. The summed E-state index contributed by atoms with van der Waals surface area (Å²) in [5, 5.41) is 11.1. The van der Waals surface area contributed by atoms with Crippen LogP contribution in [-0.4, -0.2) is 23.7 Å². The second-order valence-corrected chi connectivity index (χ2v) is 3.11. The Bertz CT molecular complexity index is 422. The molecule has 0 radical (unpaired) electrons. The Balaban J connectivity index is 2.37. The molecular formula is C9H7F2NO3. The molecule has 1 aliphatic rings. The van der Waals surface area contributed by atoms with Gasteiger partial charge in [0.25, 0.3) is 0 Å². The highest BCUT2D eigenvalue weighted by Gasteiger charge is 2.27. The number of ether oxygens (including phenoxy) is 1. The second-order valence-electron chi connectivity index (χ2n) is 3.11. The van der Waals surface area contributed by atoms with E-state index in [4.69, 9.17) is 9.84 Å². The zero-order chi connectivity index (χ0) is 11.0. The maximum atomic E-state index is 13.2. The zero-order valence-electron chi connectivity index (χ0n) is 7.46. The summed E-state index contributed by atoms with van der Waals surface area (Å²) in [5.41, 5.74) is -0.116. The number of aliphatic carboxylic acids is 1. The predicted molar refractivity (Wildman–Crippen MR) is 46.9 cm³/mol. The number of carboxylic acids is 1. The third-order valence-electron chi connectivity index (χ3n) is 2.04. The number of anilines is 1. The summed E-state index contributed by atoms with van der Waals surface area (Å²) in [7, 11) is 0. The van der Waals surface area contributed by atoms with Gasteiger partial charge in [-0.3, -0.25) is 0 Å². The van der Waals surface area contributed by atoms with Gasteiger partial charge in [-0.05, 0) is 0 Å². The van der Waals surface area contributed by atoms with Crippen LogP contribution in [-0.2, 0) is 4.79 Å².